The maximum atomic E-state index is 12.8. The van der Waals surface area contributed by atoms with Crippen LogP contribution in [0.5, 0.6) is 0 Å². The Morgan fingerprint density at radius 1 is 0.815 bits per heavy atom. The minimum atomic E-state index is -0.525. The number of hydrogen-bond acceptors (Lipinski definition) is 4. The van der Waals surface area contributed by atoms with Crippen LogP contribution >= 0.6 is 0 Å². The molecule has 0 radical (unpaired) electrons. The van der Waals surface area contributed by atoms with Crippen molar-refractivity contribution in [2.75, 3.05) is 14.2 Å². The van der Waals surface area contributed by atoms with Crippen molar-refractivity contribution in [1.29, 1.82) is 0 Å². The summed E-state index contributed by atoms with van der Waals surface area (Å²) in [6.45, 7) is 0. The van der Waals surface area contributed by atoms with Gasteiger partial charge in [0.15, 0.2) is 0 Å². The maximum Gasteiger partial charge on any atom is 0.339 e. The van der Waals surface area contributed by atoms with Crippen LogP contribution in [0.2, 0.25) is 0 Å². The Bertz CT molecular complexity index is 1050. The van der Waals surface area contributed by atoms with E-state index in [9.17, 15) is 9.59 Å². The zero-order chi connectivity index (χ0) is 19.0. The zero-order valence-corrected chi connectivity index (χ0v) is 15.4. The van der Waals surface area contributed by atoms with E-state index in [0.717, 1.165) is 46.7 Å². The molecule has 0 atom stereocenters. The van der Waals surface area contributed by atoms with Gasteiger partial charge in [-0.15, -0.1) is 0 Å². The normalized spacial score (nSPS) is 12.7. The first kappa shape index (κ1) is 17.3. The highest BCUT2D eigenvalue weighted by atomic mass is 16.5. The summed E-state index contributed by atoms with van der Waals surface area (Å²) >= 11 is 0. The number of esters is 2. The van der Waals surface area contributed by atoms with Crippen LogP contribution in [0.1, 0.15) is 38.3 Å². The van der Waals surface area contributed by atoms with Gasteiger partial charge < -0.3 is 9.47 Å². The lowest BCUT2D eigenvalue weighted by Crippen LogP contribution is -2.19. The van der Waals surface area contributed by atoms with Gasteiger partial charge in [0.05, 0.1) is 25.3 Å². The smallest absolute Gasteiger partial charge is 0.339 e. The van der Waals surface area contributed by atoms with Gasteiger partial charge in [0.25, 0.3) is 0 Å². The van der Waals surface area contributed by atoms with Gasteiger partial charge in [-0.25, -0.2) is 9.59 Å². The summed E-state index contributed by atoms with van der Waals surface area (Å²) in [6, 6.07) is 15.8. The highest BCUT2D eigenvalue weighted by Gasteiger charge is 2.31. The molecule has 3 aromatic carbocycles. The number of methoxy groups -OCH3 is 2. The van der Waals surface area contributed by atoms with Crippen LogP contribution < -0.4 is 0 Å². The molecule has 0 bridgehead atoms. The highest BCUT2D eigenvalue weighted by Crippen LogP contribution is 2.42. The van der Waals surface area contributed by atoms with Gasteiger partial charge in [-0.3, -0.25) is 0 Å². The quantitative estimate of drug-likeness (QED) is 0.642. The van der Waals surface area contributed by atoms with Crippen LogP contribution in [0.25, 0.3) is 21.9 Å². The summed E-state index contributed by atoms with van der Waals surface area (Å²) in [4.78, 5) is 25.6. The monoisotopic (exact) mass is 360 g/mol. The van der Waals surface area contributed by atoms with E-state index in [4.69, 9.17) is 9.47 Å². The summed E-state index contributed by atoms with van der Waals surface area (Å²) in [5.74, 6) is -1.02. The van der Waals surface area contributed by atoms with Crippen LogP contribution in [0.4, 0.5) is 0 Å². The Balaban J connectivity index is 2.25. The van der Waals surface area contributed by atoms with E-state index in [1.807, 2.05) is 42.5 Å². The van der Waals surface area contributed by atoms with Gasteiger partial charge in [0.1, 0.15) is 0 Å². The maximum absolute atomic E-state index is 12.8. The second-order valence-corrected chi connectivity index (χ2v) is 6.65. The molecular formula is C23H20O4. The average Bonchev–Trinajstić information content (AvgIpc) is 2.73. The molecule has 4 nitrogen and oxygen atoms in total. The predicted molar refractivity (Wildman–Crippen MR) is 104 cm³/mol. The average molecular weight is 360 g/mol. The van der Waals surface area contributed by atoms with Crippen molar-refractivity contribution in [1.82, 2.24) is 0 Å². The first-order valence-corrected chi connectivity index (χ1v) is 8.99. The molecule has 0 aromatic heterocycles. The molecule has 27 heavy (non-hydrogen) atoms. The largest absolute Gasteiger partial charge is 0.465 e. The number of aryl methyl sites for hydroxylation is 2. The van der Waals surface area contributed by atoms with Crippen molar-refractivity contribution in [3.05, 3.63) is 70.8 Å². The van der Waals surface area contributed by atoms with E-state index < -0.39 is 11.9 Å². The van der Waals surface area contributed by atoms with Crippen molar-refractivity contribution >= 4 is 22.7 Å². The third kappa shape index (κ3) is 2.69. The third-order valence-corrected chi connectivity index (χ3v) is 5.24. The van der Waals surface area contributed by atoms with Crippen molar-refractivity contribution in [3.63, 3.8) is 0 Å². The van der Waals surface area contributed by atoms with E-state index in [0.29, 0.717) is 5.56 Å². The Morgan fingerprint density at radius 3 is 2.22 bits per heavy atom. The summed E-state index contributed by atoms with van der Waals surface area (Å²) < 4.78 is 10.2. The summed E-state index contributed by atoms with van der Waals surface area (Å²) in [6.07, 6.45) is 2.62. The van der Waals surface area contributed by atoms with E-state index in [1.54, 1.807) is 0 Å². The van der Waals surface area contributed by atoms with Crippen molar-refractivity contribution in [2.45, 2.75) is 19.3 Å². The standard InChI is InChI=1S/C23H20O4/c1-26-22(24)20-17-13-7-11-14-10-6-12-16(18(14)17)19(21(20)23(25)27-2)15-8-4-3-5-9-15/h3-6,8-10,12H,7,11,13H2,1-2H3. The Hall–Kier alpha value is -3.14. The molecule has 0 fully saturated rings. The van der Waals surface area contributed by atoms with Gasteiger partial charge in [0, 0.05) is 5.56 Å². The predicted octanol–water partition coefficient (Wildman–Crippen LogP) is 4.57. The summed E-state index contributed by atoms with van der Waals surface area (Å²) in [5.41, 5.74) is 4.31. The Kier molecular flexibility index (Phi) is 4.40. The fraction of sp³-hybridized carbons (Fsp3) is 0.217. The molecule has 0 amide bonds. The van der Waals surface area contributed by atoms with Crippen molar-refractivity contribution < 1.29 is 19.1 Å². The lowest BCUT2D eigenvalue weighted by Gasteiger charge is -2.25. The fourth-order valence-corrected chi connectivity index (χ4v) is 4.15. The molecule has 0 unspecified atom stereocenters. The first-order valence-electron chi connectivity index (χ1n) is 8.99. The topological polar surface area (TPSA) is 52.6 Å². The van der Waals surface area contributed by atoms with E-state index in [1.165, 1.54) is 19.8 Å². The fourth-order valence-electron chi connectivity index (χ4n) is 4.15. The molecular weight excluding hydrogens is 340 g/mol. The lowest BCUT2D eigenvalue weighted by molar-refractivity contribution is 0.0555. The van der Waals surface area contributed by atoms with E-state index in [2.05, 4.69) is 6.07 Å². The third-order valence-electron chi connectivity index (χ3n) is 5.24. The summed E-state index contributed by atoms with van der Waals surface area (Å²) in [5, 5.41) is 2.04. The van der Waals surface area contributed by atoms with Crippen LogP contribution in [0, 0.1) is 0 Å². The number of rotatable bonds is 3. The lowest BCUT2D eigenvalue weighted by atomic mass is 9.79. The minimum Gasteiger partial charge on any atom is -0.465 e. The van der Waals surface area contributed by atoms with Gasteiger partial charge in [-0.05, 0) is 46.7 Å². The Labute approximate surface area is 157 Å². The van der Waals surface area contributed by atoms with Crippen molar-refractivity contribution in [2.24, 2.45) is 0 Å². The van der Waals surface area contributed by atoms with Crippen LogP contribution in [0.3, 0.4) is 0 Å². The molecule has 0 heterocycles. The SMILES string of the molecule is COC(=O)c1c(C(=O)OC)c2c3c(cccc3c1-c1ccccc1)CCC2. The number of benzene rings is 3. The van der Waals surface area contributed by atoms with Crippen LogP contribution in [-0.4, -0.2) is 26.2 Å². The van der Waals surface area contributed by atoms with Gasteiger partial charge in [-0.2, -0.15) is 0 Å². The Morgan fingerprint density at radius 2 is 1.52 bits per heavy atom. The van der Waals surface area contributed by atoms with Crippen LogP contribution in [0.15, 0.2) is 48.5 Å². The van der Waals surface area contributed by atoms with E-state index >= 15 is 0 Å². The van der Waals surface area contributed by atoms with Crippen LogP contribution in [-0.2, 0) is 22.3 Å². The van der Waals surface area contributed by atoms with Crippen molar-refractivity contribution in [3.8, 4) is 11.1 Å². The number of carbonyl (C=O) groups excluding carboxylic acids is 2. The molecule has 4 rings (SSSR count). The molecule has 1 aliphatic rings. The molecule has 0 saturated carbocycles. The van der Waals surface area contributed by atoms with Gasteiger partial charge in [-0.1, -0.05) is 48.5 Å². The van der Waals surface area contributed by atoms with Gasteiger partial charge >= 0.3 is 11.9 Å². The minimum absolute atomic E-state index is 0.289. The van der Waals surface area contributed by atoms with Gasteiger partial charge in [0.2, 0.25) is 0 Å². The molecule has 0 spiro atoms. The zero-order valence-electron chi connectivity index (χ0n) is 15.4. The second kappa shape index (κ2) is 6.88. The molecule has 136 valence electrons. The number of carbonyl (C=O) groups is 2. The molecule has 3 aromatic rings. The molecule has 1 aliphatic carbocycles. The summed E-state index contributed by atoms with van der Waals surface area (Å²) in [7, 11) is 2.68. The number of hydrogen-bond donors (Lipinski definition) is 0. The molecule has 0 N–H and O–H groups in total. The number of ether oxygens (including phenoxy) is 2. The second-order valence-electron chi connectivity index (χ2n) is 6.65. The molecule has 0 saturated heterocycles. The van der Waals surface area contributed by atoms with E-state index in [-0.39, 0.29) is 5.56 Å². The molecule has 4 heteroatoms. The highest BCUT2D eigenvalue weighted by molar-refractivity contribution is 6.17. The first-order chi connectivity index (χ1) is 13.2. The molecule has 0 aliphatic heterocycles.